The van der Waals surface area contributed by atoms with Crippen LogP contribution < -0.4 is 5.56 Å². The van der Waals surface area contributed by atoms with Crippen molar-refractivity contribution in [1.82, 2.24) is 9.55 Å². The average molecular weight is 310 g/mol. The maximum Gasteiger partial charge on any atom is 0.261 e. The molecule has 0 unspecified atom stereocenters. The highest BCUT2D eigenvalue weighted by Gasteiger charge is 2.24. The molecule has 5 heteroatoms. The summed E-state index contributed by atoms with van der Waals surface area (Å²) in [5.74, 6) is -0.0830. The summed E-state index contributed by atoms with van der Waals surface area (Å²) in [6, 6.07) is 0.246. The van der Waals surface area contributed by atoms with Crippen LogP contribution in [0.15, 0.2) is 9.95 Å². The molecule has 0 spiro atoms. The second kappa shape index (κ2) is 7.34. The quantitative estimate of drug-likeness (QED) is 0.662. The van der Waals surface area contributed by atoms with Crippen LogP contribution in [0.2, 0.25) is 0 Å². The number of aromatic nitrogens is 2. The first kappa shape index (κ1) is 16.4. The fourth-order valence-electron chi connectivity index (χ4n) is 2.86. The van der Waals surface area contributed by atoms with Crippen LogP contribution in [0.5, 0.6) is 5.88 Å². The van der Waals surface area contributed by atoms with E-state index in [1.165, 1.54) is 19.3 Å². The van der Waals surface area contributed by atoms with Crippen LogP contribution in [0.3, 0.4) is 0 Å². The molecule has 118 valence electrons. The molecule has 0 radical (unpaired) electrons. The highest BCUT2D eigenvalue weighted by atomic mass is 32.2. The Balaban J connectivity index is 2.48. The zero-order valence-electron chi connectivity index (χ0n) is 13.3. The van der Waals surface area contributed by atoms with E-state index >= 15 is 0 Å². The van der Waals surface area contributed by atoms with E-state index in [1.807, 2.05) is 11.5 Å². The molecule has 21 heavy (non-hydrogen) atoms. The molecule has 1 aromatic rings. The number of hydrogen-bond acceptors (Lipinski definition) is 4. The molecule has 1 aliphatic rings. The summed E-state index contributed by atoms with van der Waals surface area (Å²) in [4.78, 5) is 17.1. The van der Waals surface area contributed by atoms with Gasteiger partial charge in [-0.2, -0.15) is 4.98 Å². The molecule has 1 atom stereocenters. The lowest BCUT2D eigenvalue weighted by Gasteiger charge is -2.27. The molecule has 0 bridgehead atoms. The van der Waals surface area contributed by atoms with Gasteiger partial charge in [0.25, 0.3) is 5.56 Å². The van der Waals surface area contributed by atoms with E-state index in [0.717, 1.165) is 19.3 Å². The summed E-state index contributed by atoms with van der Waals surface area (Å²) < 4.78 is 1.87. The van der Waals surface area contributed by atoms with Crippen LogP contribution in [0.4, 0.5) is 0 Å². The number of hydrogen-bond donors (Lipinski definition) is 1. The molecule has 2 rings (SSSR count). The van der Waals surface area contributed by atoms with Gasteiger partial charge in [-0.25, -0.2) is 0 Å². The topological polar surface area (TPSA) is 55.1 Å². The Bertz CT molecular complexity index is 536. The smallest absolute Gasteiger partial charge is 0.261 e. The lowest BCUT2D eigenvalue weighted by molar-refractivity contribution is 0.315. The normalized spacial score (nSPS) is 17.9. The van der Waals surface area contributed by atoms with Crippen LogP contribution in [-0.4, -0.2) is 19.9 Å². The van der Waals surface area contributed by atoms with Gasteiger partial charge in [-0.15, -0.1) is 0 Å². The summed E-state index contributed by atoms with van der Waals surface area (Å²) in [7, 11) is 0. The van der Waals surface area contributed by atoms with Gasteiger partial charge >= 0.3 is 0 Å². The molecule has 0 amide bonds. The summed E-state index contributed by atoms with van der Waals surface area (Å²) >= 11 is 1.60. The Morgan fingerprint density at radius 2 is 2.00 bits per heavy atom. The minimum Gasteiger partial charge on any atom is -0.493 e. The third-order valence-electron chi connectivity index (χ3n) is 4.33. The van der Waals surface area contributed by atoms with E-state index in [9.17, 15) is 9.90 Å². The molecule has 1 fully saturated rings. The van der Waals surface area contributed by atoms with Crippen molar-refractivity contribution in [3.8, 4) is 5.88 Å². The zero-order valence-corrected chi connectivity index (χ0v) is 14.1. The fraction of sp³-hybridized carbons (Fsp3) is 0.750. The van der Waals surface area contributed by atoms with Crippen LogP contribution in [-0.2, 0) is 6.42 Å². The predicted octanol–water partition coefficient (Wildman–Crippen LogP) is 3.91. The van der Waals surface area contributed by atoms with Crippen LogP contribution in [0.25, 0.3) is 0 Å². The van der Waals surface area contributed by atoms with Crippen LogP contribution >= 0.6 is 11.8 Å². The first-order valence-corrected chi connectivity index (χ1v) is 8.97. The van der Waals surface area contributed by atoms with Crippen LogP contribution in [0, 0.1) is 0 Å². The molecule has 4 nitrogen and oxygen atoms in total. The van der Waals surface area contributed by atoms with Gasteiger partial charge in [-0.05, 0) is 25.7 Å². The fourth-order valence-corrected chi connectivity index (χ4v) is 3.87. The Labute approximate surface area is 131 Å². The van der Waals surface area contributed by atoms with Gasteiger partial charge in [0.15, 0.2) is 5.16 Å². The first-order valence-electron chi connectivity index (χ1n) is 8.09. The molecular weight excluding hydrogens is 284 g/mol. The van der Waals surface area contributed by atoms with Gasteiger partial charge in [-0.3, -0.25) is 9.36 Å². The van der Waals surface area contributed by atoms with Gasteiger partial charge in [0.1, 0.15) is 0 Å². The van der Waals surface area contributed by atoms with E-state index < -0.39 is 0 Å². The maximum absolute atomic E-state index is 12.8. The largest absolute Gasteiger partial charge is 0.493 e. The van der Waals surface area contributed by atoms with E-state index in [1.54, 1.807) is 11.8 Å². The van der Waals surface area contributed by atoms with E-state index in [4.69, 9.17) is 0 Å². The zero-order chi connectivity index (χ0) is 15.4. The average Bonchev–Trinajstić information content (AvgIpc) is 2.48. The summed E-state index contributed by atoms with van der Waals surface area (Å²) in [5, 5.41) is 11.1. The second-order valence-electron chi connectivity index (χ2n) is 5.85. The van der Waals surface area contributed by atoms with E-state index in [2.05, 4.69) is 18.8 Å². The number of aromatic hydroxyl groups is 1. The molecule has 1 aromatic heterocycles. The summed E-state index contributed by atoms with van der Waals surface area (Å²) in [6.07, 6.45) is 7.23. The van der Waals surface area contributed by atoms with Crippen molar-refractivity contribution < 1.29 is 5.11 Å². The van der Waals surface area contributed by atoms with Crippen molar-refractivity contribution in [2.75, 3.05) is 0 Å². The third-order valence-corrected chi connectivity index (χ3v) is 5.56. The Morgan fingerprint density at radius 1 is 1.33 bits per heavy atom. The van der Waals surface area contributed by atoms with Gasteiger partial charge in [0.2, 0.25) is 5.88 Å². The molecule has 0 aromatic carbocycles. The van der Waals surface area contributed by atoms with E-state index in [-0.39, 0.29) is 17.5 Å². The molecule has 1 heterocycles. The molecule has 1 aliphatic carbocycles. The number of thioether (sulfide) groups is 1. The summed E-state index contributed by atoms with van der Waals surface area (Å²) in [6.45, 7) is 6.15. The predicted molar refractivity (Wildman–Crippen MR) is 87.3 cm³/mol. The molecule has 0 aliphatic heterocycles. The standard InChI is InChI=1S/C16H26N2O2S/c1-4-11(3)21-16-17-14(19)13(5-2)15(20)18(16)12-9-7-6-8-10-12/h11-12,19H,4-10H2,1-3H3/t11-/m0/s1. The SMILES string of the molecule is CCc1c(O)nc(S[C@@H](C)CC)n(C2CCCCC2)c1=O. The Hall–Kier alpha value is -0.970. The Morgan fingerprint density at radius 3 is 2.57 bits per heavy atom. The number of rotatable bonds is 5. The summed E-state index contributed by atoms with van der Waals surface area (Å²) in [5.41, 5.74) is 0.414. The van der Waals surface area contributed by atoms with Gasteiger partial charge in [0.05, 0.1) is 5.56 Å². The first-order chi connectivity index (χ1) is 10.1. The highest BCUT2D eigenvalue weighted by Crippen LogP contribution is 2.33. The van der Waals surface area contributed by atoms with Gasteiger partial charge in [-0.1, -0.05) is 51.8 Å². The second-order valence-corrected chi connectivity index (χ2v) is 7.26. The Kier molecular flexibility index (Phi) is 5.73. The van der Waals surface area contributed by atoms with Gasteiger partial charge in [0, 0.05) is 11.3 Å². The van der Waals surface area contributed by atoms with Crippen molar-refractivity contribution in [2.45, 2.75) is 82.2 Å². The van der Waals surface area contributed by atoms with Crippen molar-refractivity contribution in [3.05, 3.63) is 15.9 Å². The lowest BCUT2D eigenvalue weighted by Crippen LogP contribution is -2.31. The van der Waals surface area contributed by atoms with Crippen molar-refractivity contribution in [2.24, 2.45) is 0 Å². The minimum absolute atomic E-state index is 0.0392. The third kappa shape index (κ3) is 3.62. The van der Waals surface area contributed by atoms with Crippen molar-refractivity contribution in [1.29, 1.82) is 0 Å². The van der Waals surface area contributed by atoms with Crippen molar-refractivity contribution in [3.63, 3.8) is 0 Å². The van der Waals surface area contributed by atoms with Crippen LogP contribution in [0.1, 0.15) is 70.9 Å². The van der Waals surface area contributed by atoms with Crippen molar-refractivity contribution >= 4 is 11.8 Å². The lowest BCUT2D eigenvalue weighted by atomic mass is 9.95. The molecular formula is C16H26N2O2S. The van der Waals surface area contributed by atoms with Gasteiger partial charge < -0.3 is 5.11 Å². The highest BCUT2D eigenvalue weighted by molar-refractivity contribution is 7.99. The minimum atomic E-state index is -0.0830. The number of nitrogens with zero attached hydrogens (tertiary/aromatic N) is 2. The van der Waals surface area contributed by atoms with E-state index in [0.29, 0.717) is 22.4 Å². The molecule has 0 saturated heterocycles. The maximum atomic E-state index is 12.8. The molecule has 1 N–H and O–H groups in total. The molecule has 1 saturated carbocycles. The monoisotopic (exact) mass is 310 g/mol.